The van der Waals surface area contributed by atoms with Gasteiger partial charge in [-0.3, -0.25) is 9.89 Å². The molecule has 166 valence electrons. The molecule has 2 heterocycles. The molecule has 1 aliphatic rings. The van der Waals surface area contributed by atoms with Crippen molar-refractivity contribution in [2.75, 3.05) is 0 Å². The van der Waals surface area contributed by atoms with Crippen LogP contribution in [-0.4, -0.2) is 25.8 Å². The molecule has 0 bridgehead atoms. The van der Waals surface area contributed by atoms with Gasteiger partial charge in [-0.15, -0.1) is 0 Å². The fourth-order valence-electron chi connectivity index (χ4n) is 5.35. The molecule has 0 unspecified atom stereocenters. The molecule has 0 saturated heterocycles. The molecular weight excluding hydrogens is 412 g/mol. The molecule has 1 saturated carbocycles. The normalized spacial score (nSPS) is 18.9. The molecule has 0 aliphatic heterocycles. The van der Waals surface area contributed by atoms with Gasteiger partial charge in [0.25, 0.3) is 0 Å². The maximum Gasteiger partial charge on any atom is 0.306 e. The SMILES string of the molecule is Cc1cc(-n2c(C(C)C)c([C@@H]3CC[C@@H](C(=O)O)C3)c3c(F)c4[nH]ncc4cc32)ccc1F. The van der Waals surface area contributed by atoms with Gasteiger partial charge < -0.3 is 9.67 Å². The molecule has 0 amide bonds. The Balaban J connectivity index is 1.88. The van der Waals surface area contributed by atoms with Crippen molar-refractivity contribution in [1.82, 2.24) is 14.8 Å². The second-order valence-electron chi connectivity index (χ2n) is 9.19. The summed E-state index contributed by atoms with van der Waals surface area (Å²) in [6.45, 7) is 5.82. The summed E-state index contributed by atoms with van der Waals surface area (Å²) in [6.07, 6.45) is 3.35. The quantitative estimate of drug-likeness (QED) is 0.400. The highest BCUT2D eigenvalue weighted by Crippen LogP contribution is 2.48. The van der Waals surface area contributed by atoms with Gasteiger partial charge in [-0.1, -0.05) is 13.8 Å². The van der Waals surface area contributed by atoms with Gasteiger partial charge in [0, 0.05) is 22.2 Å². The minimum atomic E-state index is -0.798. The monoisotopic (exact) mass is 437 g/mol. The number of carboxylic acids is 1. The zero-order valence-electron chi connectivity index (χ0n) is 18.2. The van der Waals surface area contributed by atoms with Crippen molar-refractivity contribution in [2.45, 2.75) is 51.9 Å². The number of aromatic nitrogens is 3. The van der Waals surface area contributed by atoms with E-state index in [1.165, 1.54) is 6.07 Å². The summed E-state index contributed by atoms with van der Waals surface area (Å²) in [7, 11) is 0. The molecule has 0 radical (unpaired) electrons. The Morgan fingerprint density at radius 3 is 2.69 bits per heavy atom. The Hall–Kier alpha value is -3.22. The third-order valence-corrected chi connectivity index (χ3v) is 6.82. The zero-order chi connectivity index (χ0) is 22.7. The van der Waals surface area contributed by atoms with Crippen LogP contribution in [0.5, 0.6) is 0 Å². The molecule has 32 heavy (non-hydrogen) atoms. The van der Waals surface area contributed by atoms with Crippen LogP contribution in [0, 0.1) is 24.5 Å². The first-order chi connectivity index (χ1) is 15.3. The summed E-state index contributed by atoms with van der Waals surface area (Å²) >= 11 is 0. The van der Waals surface area contributed by atoms with Crippen LogP contribution >= 0.6 is 0 Å². The van der Waals surface area contributed by atoms with Crippen LogP contribution in [0.2, 0.25) is 0 Å². The van der Waals surface area contributed by atoms with E-state index in [4.69, 9.17) is 0 Å². The summed E-state index contributed by atoms with van der Waals surface area (Å²) in [5.41, 5.74) is 4.13. The lowest BCUT2D eigenvalue weighted by Crippen LogP contribution is -2.10. The van der Waals surface area contributed by atoms with E-state index >= 15 is 4.39 Å². The number of H-pyrrole nitrogens is 1. The van der Waals surface area contributed by atoms with Crippen LogP contribution in [0.1, 0.15) is 61.8 Å². The van der Waals surface area contributed by atoms with Crippen molar-refractivity contribution in [2.24, 2.45) is 5.92 Å². The Morgan fingerprint density at radius 2 is 2.03 bits per heavy atom. The van der Waals surface area contributed by atoms with E-state index in [0.717, 1.165) is 16.9 Å². The van der Waals surface area contributed by atoms with Crippen LogP contribution < -0.4 is 0 Å². The third kappa shape index (κ3) is 3.02. The van der Waals surface area contributed by atoms with Crippen molar-refractivity contribution in [1.29, 1.82) is 0 Å². The van der Waals surface area contributed by atoms with E-state index in [9.17, 15) is 14.3 Å². The number of carboxylic acid groups (broad SMARTS) is 1. The molecule has 5 rings (SSSR count). The molecule has 2 N–H and O–H groups in total. The van der Waals surface area contributed by atoms with E-state index in [-0.39, 0.29) is 23.5 Å². The Kier molecular flexibility index (Phi) is 4.80. The van der Waals surface area contributed by atoms with Gasteiger partial charge in [0.2, 0.25) is 0 Å². The lowest BCUT2D eigenvalue weighted by Gasteiger charge is -2.19. The molecule has 4 aromatic rings. The molecule has 0 spiro atoms. The molecule has 2 aromatic heterocycles. The number of hydrogen-bond acceptors (Lipinski definition) is 2. The smallest absolute Gasteiger partial charge is 0.306 e. The summed E-state index contributed by atoms with van der Waals surface area (Å²) in [6, 6.07) is 6.83. The van der Waals surface area contributed by atoms with Crippen molar-refractivity contribution >= 4 is 27.8 Å². The number of halogens is 2. The Labute approximate surface area is 184 Å². The van der Waals surface area contributed by atoms with Gasteiger partial charge in [-0.2, -0.15) is 5.10 Å². The summed E-state index contributed by atoms with van der Waals surface area (Å²) < 4.78 is 32.0. The second kappa shape index (κ2) is 7.43. The molecule has 1 aliphatic carbocycles. The Bertz CT molecular complexity index is 1370. The van der Waals surface area contributed by atoms with Crippen molar-refractivity contribution in [3.8, 4) is 5.69 Å². The lowest BCUT2D eigenvalue weighted by molar-refractivity contribution is -0.141. The first kappa shape index (κ1) is 20.7. The van der Waals surface area contributed by atoms with E-state index < -0.39 is 11.9 Å². The van der Waals surface area contributed by atoms with Gasteiger partial charge in [-0.25, -0.2) is 8.78 Å². The molecule has 2 atom stereocenters. The topological polar surface area (TPSA) is 70.9 Å². The van der Waals surface area contributed by atoms with E-state index in [1.807, 2.05) is 10.6 Å². The molecule has 5 nitrogen and oxygen atoms in total. The summed E-state index contributed by atoms with van der Waals surface area (Å²) in [4.78, 5) is 11.6. The highest BCUT2D eigenvalue weighted by atomic mass is 19.1. The third-order valence-electron chi connectivity index (χ3n) is 6.82. The standard InChI is InChI=1S/C25H25F2N3O2/c1-12(2)24-20(14-4-5-15(9-14)25(31)32)21-19(10-16-11-28-29-23(16)22(21)27)30(24)17-6-7-18(26)13(3)8-17/h6-8,10-12,14-15H,4-5,9H2,1-3H3,(H,28,29)(H,31,32)/t14-,15-/m1/s1. The lowest BCUT2D eigenvalue weighted by atomic mass is 9.89. The number of fused-ring (bicyclic) bond motifs is 2. The van der Waals surface area contributed by atoms with Crippen LogP contribution in [0.4, 0.5) is 8.78 Å². The van der Waals surface area contributed by atoms with Crippen molar-refractivity contribution < 1.29 is 18.7 Å². The van der Waals surface area contributed by atoms with E-state index in [0.29, 0.717) is 46.6 Å². The summed E-state index contributed by atoms with van der Waals surface area (Å²) in [5.74, 6) is -1.90. The average molecular weight is 437 g/mol. The minimum absolute atomic E-state index is 0.0440. The number of aryl methyl sites for hydroxylation is 1. The van der Waals surface area contributed by atoms with Crippen molar-refractivity contribution in [3.05, 3.63) is 58.9 Å². The number of nitrogens with one attached hydrogen (secondary N) is 1. The van der Waals surface area contributed by atoms with Crippen molar-refractivity contribution in [3.63, 3.8) is 0 Å². The van der Waals surface area contributed by atoms with E-state index in [1.54, 1.807) is 25.3 Å². The molecule has 7 heteroatoms. The number of aliphatic carboxylic acids is 1. The van der Waals surface area contributed by atoms with Gasteiger partial charge >= 0.3 is 5.97 Å². The number of benzene rings is 2. The van der Waals surface area contributed by atoms with E-state index in [2.05, 4.69) is 24.0 Å². The average Bonchev–Trinajstić information content (AvgIpc) is 3.46. The van der Waals surface area contributed by atoms with Crippen LogP contribution in [0.25, 0.3) is 27.5 Å². The number of rotatable bonds is 4. The van der Waals surface area contributed by atoms with Gasteiger partial charge in [0.05, 0.1) is 17.6 Å². The molecule has 2 aromatic carbocycles. The highest BCUT2D eigenvalue weighted by Gasteiger charge is 2.36. The number of hydrogen-bond donors (Lipinski definition) is 2. The predicted octanol–water partition coefficient (Wildman–Crippen LogP) is 6.19. The largest absolute Gasteiger partial charge is 0.481 e. The van der Waals surface area contributed by atoms with Gasteiger partial charge in [0.1, 0.15) is 11.3 Å². The highest BCUT2D eigenvalue weighted by molar-refractivity contribution is 6.00. The zero-order valence-corrected chi connectivity index (χ0v) is 18.2. The number of nitrogens with zero attached hydrogens (tertiary/aromatic N) is 2. The number of aromatic amines is 1. The first-order valence-corrected chi connectivity index (χ1v) is 11.0. The maximum atomic E-state index is 15.9. The second-order valence-corrected chi connectivity index (χ2v) is 9.19. The fraction of sp³-hybridized carbons (Fsp3) is 0.360. The van der Waals surface area contributed by atoms with Gasteiger partial charge in [0.15, 0.2) is 5.82 Å². The van der Waals surface area contributed by atoms with Crippen LogP contribution in [-0.2, 0) is 4.79 Å². The first-order valence-electron chi connectivity index (χ1n) is 11.0. The number of carbonyl (C=O) groups is 1. The molecular formula is C25H25F2N3O2. The predicted molar refractivity (Wildman–Crippen MR) is 119 cm³/mol. The van der Waals surface area contributed by atoms with Crippen LogP contribution in [0.3, 0.4) is 0 Å². The molecule has 1 fully saturated rings. The minimum Gasteiger partial charge on any atom is -0.481 e. The maximum absolute atomic E-state index is 15.9. The fourth-order valence-corrected chi connectivity index (χ4v) is 5.35. The van der Waals surface area contributed by atoms with Gasteiger partial charge in [-0.05, 0) is 73.4 Å². The Morgan fingerprint density at radius 1 is 1.25 bits per heavy atom. The summed E-state index contributed by atoms with van der Waals surface area (Å²) in [5, 5.41) is 17.5. The van der Waals surface area contributed by atoms with Crippen LogP contribution in [0.15, 0.2) is 30.5 Å².